The van der Waals surface area contributed by atoms with Crippen LogP contribution in [0.15, 0.2) is 22.7 Å². The Labute approximate surface area is 89.9 Å². The minimum Gasteiger partial charge on any atom is -0.475 e. The molecule has 0 unspecified atom stereocenters. The predicted molar refractivity (Wildman–Crippen MR) is 55.2 cm³/mol. The average Bonchev–Trinajstić information content (AvgIpc) is 2.12. The maximum absolute atomic E-state index is 11.0. The molecule has 1 aromatic rings. The quantitative estimate of drug-likeness (QED) is 0.842. The van der Waals surface area contributed by atoms with Crippen molar-refractivity contribution in [3.05, 3.63) is 33.8 Å². The molecule has 0 heterocycles. The molecule has 0 aliphatic carbocycles. The molecule has 0 saturated carbocycles. The van der Waals surface area contributed by atoms with E-state index in [1.54, 1.807) is 12.1 Å². The maximum Gasteiger partial charge on any atom is 0.372 e. The first-order valence-electron chi connectivity index (χ1n) is 4.02. The number of Topliss-reactive ketones (excluding diaryl/α,β-unsaturated/α-hetero) is 1. The summed E-state index contributed by atoms with van der Waals surface area (Å²) in [5.41, 5.74) is 1.69. The van der Waals surface area contributed by atoms with Gasteiger partial charge in [0.05, 0.1) is 0 Å². The SMILES string of the molecule is Cc1cccc(CC(=O)C(=O)O)c1Br. The fraction of sp³-hybridized carbons (Fsp3) is 0.200. The summed E-state index contributed by atoms with van der Waals surface area (Å²) in [5, 5.41) is 8.44. The molecule has 4 heteroatoms. The zero-order valence-electron chi connectivity index (χ0n) is 7.58. The van der Waals surface area contributed by atoms with Gasteiger partial charge in [0, 0.05) is 10.9 Å². The molecule has 0 spiro atoms. The molecule has 0 fully saturated rings. The lowest BCUT2D eigenvalue weighted by molar-refractivity contribution is -0.148. The van der Waals surface area contributed by atoms with Crippen LogP contribution in [0.1, 0.15) is 11.1 Å². The molecule has 3 nitrogen and oxygen atoms in total. The summed E-state index contributed by atoms with van der Waals surface area (Å²) in [6.07, 6.45) is -0.0718. The Morgan fingerprint density at radius 3 is 2.64 bits per heavy atom. The van der Waals surface area contributed by atoms with Gasteiger partial charge in [0.25, 0.3) is 0 Å². The van der Waals surface area contributed by atoms with Crippen molar-refractivity contribution >= 4 is 27.7 Å². The molecule has 1 rings (SSSR count). The molecule has 0 aromatic heterocycles. The lowest BCUT2D eigenvalue weighted by Crippen LogP contribution is -2.15. The molecule has 0 radical (unpaired) electrons. The van der Waals surface area contributed by atoms with Crippen molar-refractivity contribution in [3.8, 4) is 0 Å². The molecule has 0 amide bonds. The number of rotatable bonds is 3. The molecule has 0 atom stereocenters. The van der Waals surface area contributed by atoms with Crippen LogP contribution in [0.25, 0.3) is 0 Å². The van der Waals surface area contributed by atoms with E-state index in [-0.39, 0.29) is 6.42 Å². The van der Waals surface area contributed by atoms with Gasteiger partial charge < -0.3 is 5.11 Å². The molecule has 74 valence electrons. The third kappa shape index (κ3) is 2.42. The lowest BCUT2D eigenvalue weighted by Gasteiger charge is -2.04. The fourth-order valence-electron chi connectivity index (χ4n) is 1.09. The second-order valence-electron chi connectivity index (χ2n) is 2.95. The van der Waals surface area contributed by atoms with Crippen LogP contribution in [0.3, 0.4) is 0 Å². The molecular formula is C10H9BrO3. The normalized spacial score (nSPS) is 9.86. The Hall–Kier alpha value is -1.16. The number of halogens is 1. The number of ketones is 1. The standard InChI is InChI=1S/C10H9BrO3/c1-6-3-2-4-7(9(6)11)5-8(12)10(13)14/h2-4H,5H2,1H3,(H,13,14). The molecule has 0 aliphatic heterocycles. The maximum atomic E-state index is 11.0. The predicted octanol–water partition coefficient (Wildman–Crippen LogP) is 1.95. The zero-order chi connectivity index (χ0) is 10.7. The van der Waals surface area contributed by atoms with Gasteiger partial charge >= 0.3 is 5.97 Å². The highest BCUT2D eigenvalue weighted by atomic mass is 79.9. The summed E-state index contributed by atoms with van der Waals surface area (Å²) in [4.78, 5) is 21.3. The van der Waals surface area contributed by atoms with Crippen molar-refractivity contribution in [1.82, 2.24) is 0 Å². The van der Waals surface area contributed by atoms with Gasteiger partial charge in [-0.15, -0.1) is 0 Å². The second-order valence-corrected chi connectivity index (χ2v) is 3.75. The fourth-order valence-corrected chi connectivity index (χ4v) is 1.50. The van der Waals surface area contributed by atoms with Crippen LogP contribution in [-0.4, -0.2) is 16.9 Å². The second kappa shape index (κ2) is 4.37. The van der Waals surface area contributed by atoms with Crippen LogP contribution in [0.2, 0.25) is 0 Å². The number of carbonyl (C=O) groups is 2. The molecule has 0 saturated heterocycles. The Morgan fingerprint density at radius 1 is 1.43 bits per heavy atom. The van der Waals surface area contributed by atoms with E-state index in [4.69, 9.17) is 5.11 Å². The van der Waals surface area contributed by atoms with E-state index < -0.39 is 11.8 Å². The Balaban J connectivity index is 2.93. The van der Waals surface area contributed by atoms with Crippen molar-refractivity contribution in [1.29, 1.82) is 0 Å². The third-order valence-electron chi connectivity index (χ3n) is 1.86. The summed E-state index contributed by atoms with van der Waals surface area (Å²) in [5.74, 6) is -2.19. The van der Waals surface area contributed by atoms with Crippen molar-refractivity contribution in [2.75, 3.05) is 0 Å². The molecule has 14 heavy (non-hydrogen) atoms. The van der Waals surface area contributed by atoms with Gasteiger partial charge in [0.2, 0.25) is 5.78 Å². The van der Waals surface area contributed by atoms with E-state index in [0.29, 0.717) is 5.56 Å². The Kier molecular flexibility index (Phi) is 3.41. The van der Waals surface area contributed by atoms with E-state index in [2.05, 4.69) is 15.9 Å². The van der Waals surface area contributed by atoms with Gasteiger partial charge in [-0.1, -0.05) is 34.1 Å². The molecule has 0 aliphatic rings. The van der Waals surface area contributed by atoms with Crippen LogP contribution < -0.4 is 0 Å². The van der Waals surface area contributed by atoms with Crippen molar-refractivity contribution in [3.63, 3.8) is 0 Å². The van der Waals surface area contributed by atoms with Crippen molar-refractivity contribution < 1.29 is 14.7 Å². The first-order valence-corrected chi connectivity index (χ1v) is 4.81. The van der Waals surface area contributed by atoms with Gasteiger partial charge in [-0.2, -0.15) is 0 Å². The molecular weight excluding hydrogens is 248 g/mol. The highest BCUT2D eigenvalue weighted by Crippen LogP contribution is 2.21. The number of carboxylic acid groups (broad SMARTS) is 1. The van der Waals surface area contributed by atoms with Crippen molar-refractivity contribution in [2.24, 2.45) is 0 Å². The van der Waals surface area contributed by atoms with E-state index in [0.717, 1.165) is 10.0 Å². The molecule has 0 bridgehead atoms. The largest absolute Gasteiger partial charge is 0.475 e. The summed E-state index contributed by atoms with van der Waals surface area (Å²) < 4.78 is 0.801. The Morgan fingerprint density at radius 2 is 2.07 bits per heavy atom. The van der Waals surface area contributed by atoms with Crippen LogP contribution in [0.5, 0.6) is 0 Å². The van der Waals surface area contributed by atoms with E-state index >= 15 is 0 Å². The number of aryl methyl sites for hydroxylation is 1. The molecule has 1 aromatic carbocycles. The summed E-state index contributed by atoms with van der Waals surface area (Å²) >= 11 is 3.31. The first-order chi connectivity index (χ1) is 6.52. The summed E-state index contributed by atoms with van der Waals surface area (Å²) in [6, 6.07) is 5.42. The summed E-state index contributed by atoms with van der Waals surface area (Å²) in [7, 11) is 0. The monoisotopic (exact) mass is 256 g/mol. The number of hydrogen-bond acceptors (Lipinski definition) is 2. The smallest absolute Gasteiger partial charge is 0.372 e. The zero-order valence-corrected chi connectivity index (χ0v) is 9.17. The summed E-state index contributed by atoms with van der Waals surface area (Å²) in [6.45, 7) is 1.89. The van der Waals surface area contributed by atoms with Crippen LogP contribution in [0, 0.1) is 6.92 Å². The van der Waals surface area contributed by atoms with E-state index in [9.17, 15) is 9.59 Å². The minimum absolute atomic E-state index is 0.0718. The number of carbonyl (C=O) groups excluding carboxylic acids is 1. The number of hydrogen-bond donors (Lipinski definition) is 1. The average molecular weight is 257 g/mol. The van der Waals surface area contributed by atoms with Crippen molar-refractivity contribution in [2.45, 2.75) is 13.3 Å². The molecule has 1 N–H and O–H groups in total. The number of aliphatic carboxylic acids is 1. The Bertz CT molecular complexity index is 385. The third-order valence-corrected chi connectivity index (χ3v) is 3.00. The number of benzene rings is 1. The van der Waals surface area contributed by atoms with Gasteiger partial charge in [-0.05, 0) is 18.1 Å². The van der Waals surface area contributed by atoms with Crippen LogP contribution in [0.4, 0.5) is 0 Å². The van der Waals surface area contributed by atoms with Gasteiger partial charge in [0.1, 0.15) is 0 Å². The van der Waals surface area contributed by atoms with Crippen LogP contribution in [-0.2, 0) is 16.0 Å². The topological polar surface area (TPSA) is 54.4 Å². The number of carboxylic acids is 1. The highest BCUT2D eigenvalue weighted by molar-refractivity contribution is 9.10. The highest BCUT2D eigenvalue weighted by Gasteiger charge is 2.14. The van der Waals surface area contributed by atoms with Gasteiger partial charge in [-0.3, -0.25) is 4.79 Å². The van der Waals surface area contributed by atoms with E-state index in [1.807, 2.05) is 13.0 Å². The van der Waals surface area contributed by atoms with Crippen LogP contribution >= 0.6 is 15.9 Å². The van der Waals surface area contributed by atoms with Gasteiger partial charge in [0.15, 0.2) is 0 Å². The van der Waals surface area contributed by atoms with E-state index in [1.165, 1.54) is 0 Å². The first kappa shape index (κ1) is 10.9. The van der Waals surface area contributed by atoms with Gasteiger partial charge in [-0.25, -0.2) is 4.79 Å². The minimum atomic E-state index is -1.39. The lowest BCUT2D eigenvalue weighted by atomic mass is 10.1.